The predicted octanol–water partition coefficient (Wildman–Crippen LogP) is 1.80. The first kappa shape index (κ1) is 17.6. The van der Waals surface area contributed by atoms with E-state index in [9.17, 15) is 13.2 Å². The quantitative estimate of drug-likeness (QED) is 0.883. The zero-order chi connectivity index (χ0) is 17.7. The lowest BCUT2D eigenvalue weighted by Crippen LogP contribution is -2.45. The largest absolute Gasteiger partial charge is 0.352 e. The number of nitrogens with zero attached hydrogens (tertiary/aromatic N) is 2. The van der Waals surface area contributed by atoms with Gasteiger partial charge in [-0.1, -0.05) is 24.3 Å². The molecule has 25 heavy (non-hydrogen) atoms. The van der Waals surface area contributed by atoms with E-state index >= 15 is 0 Å². The Balaban J connectivity index is 1.64. The van der Waals surface area contributed by atoms with Crippen LogP contribution < -0.4 is 5.32 Å². The predicted molar refractivity (Wildman–Crippen MR) is 94.0 cm³/mol. The number of carbonyl (C=O) groups excluding carboxylic acids is 1. The van der Waals surface area contributed by atoms with Crippen LogP contribution in [0.15, 0.2) is 59.8 Å². The van der Waals surface area contributed by atoms with E-state index in [1.165, 1.54) is 4.31 Å². The average molecular weight is 359 g/mol. The Kier molecular flexibility index (Phi) is 5.45. The van der Waals surface area contributed by atoms with Crippen LogP contribution >= 0.6 is 0 Å². The van der Waals surface area contributed by atoms with Crippen LogP contribution in [0.2, 0.25) is 0 Å². The number of hydrogen-bond acceptors (Lipinski definition) is 4. The van der Waals surface area contributed by atoms with E-state index in [1.807, 2.05) is 12.1 Å². The third kappa shape index (κ3) is 4.24. The Morgan fingerprint density at radius 3 is 2.72 bits per heavy atom. The maximum Gasteiger partial charge on any atom is 0.243 e. The average Bonchev–Trinajstić information content (AvgIpc) is 2.67. The molecule has 1 saturated heterocycles. The van der Waals surface area contributed by atoms with E-state index in [-0.39, 0.29) is 23.3 Å². The van der Waals surface area contributed by atoms with Crippen molar-refractivity contribution >= 4 is 15.9 Å². The zero-order valence-corrected chi connectivity index (χ0v) is 14.7. The van der Waals surface area contributed by atoms with Crippen molar-refractivity contribution in [3.05, 3.63) is 60.4 Å². The van der Waals surface area contributed by atoms with Crippen LogP contribution in [0, 0.1) is 5.92 Å². The number of amides is 1. The molecule has 3 rings (SSSR count). The molecule has 0 aliphatic carbocycles. The highest BCUT2D eigenvalue weighted by Crippen LogP contribution is 2.23. The Morgan fingerprint density at radius 2 is 2.00 bits per heavy atom. The van der Waals surface area contributed by atoms with Gasteiger partial charge in [0.2, 0.25) is 15.9 Å². The molecule has 1 amide bonds. The lowest BCUT2D eigenvalue weighted by atomic mass is 9.99. The van der Waals surface area contributed by atoms with Gasteiger partial charge in [-0.25, -0.2) is 8.42 Å². The zero-order valence-electron chi connectivity index (χ0n) is 13.8. The maximum atomic E-state index is 12.7. The van der Waals surface area contributed by atoms with Gasteiger partial charge in [-0.15, -0.1) is 0 Å². The van der Waals surface area contributed by atoms with E-state index in [4.69, 9.17) is 0 Å². The Morgan fingerprint density at radius 1 is 1.20 bits per heavy atom. The fraction of sp³-hybridized carbons (Fsp3) is 0.333. The van der Waals surface area contributed by atoms with Gasteiger partial charge in [0.05, 0.1) is 10.8 Å². The number of pyridine rings is 1. The summed E-state index contributed by atoms with van der Waals surface area (Å²) in [7, 11) is -3.55. The van der Waals surface area contributed by atoms with Crippen molar-refractivity contribution in [3.63, 3.8) is 0 Å². The van der Waals surface area contributed by atoms with Crippen molar-refractivity contribution in [3.8, 4) is 0 Å². The van der Waals surface area contributed by atoms with E-state index < -0.39 is 10.0 Å². The van der Waals surface area contributed by atoms with Gasteiger partial charge in [0.15, 0.2) is 0 Å². The lowest BCUT2D eigenvalue weighted by molar-refractivity contribution is -0.126. The first-order valence-electron chi connectivity index (χ1n) is 8.29. The third-order valence-corrected chi connectivity index (χ3v) is 6.20. The van der Waals surface area contributed by atoms with Crippen molar-refractivity contribution < 1.29 is 13.2 Å². The van der Waals surface area contributed by atoms with Gasteiger partial charge in [0.25, 0.3) is 0 Å². The first-order chi connectivity index (χ1) is 12.1. The minimum absolute atomic E-state index is 0.114. The molecule has 0 radical (unpaired) electrons. The second kappa shape index (κ2) is 7.76. The van der Waals surface area contributed by atoms with E-state index in [1.54, 1.807) is 42.7 Å². The van der Waals surface area contributed by atoms with E-state index in [0.717, 1.165) is 5.56 Å². The summed E-state index contributed by atoms with van der Waals surface area (Å²) in [5.74, 6) is -0.444. The first-order valence-corrected chi connectivity index (χ1v) is 9.73. The van der Waals surface area contributed by atoms with Crippen molar-refractivity contribution in [2.24, 2.45) is 5.92 Å². The monoisotopic (exact) mass is 359 g/mol. The van der Waals surface area contributed by atoms with E-state index in [0.29, 0.717) is 25.9 Å². The molecule has 7 heteroatoms. The molecule has 132 valence electrons. The maximum absolute atomic E-state index is 12.7. The minimum atomic E-state index is -3.55. The molecule has 1 atom stereocenters. The highest BCUT2D eigenvalue weighted by atomic mass is 32.2. The Bertz CT molecular complexity index is 810. The summed E-state index contributed by atoms with van der Waals surface area (Å²) in [5, 5.41) is 2.88. The summed E-state index contributed by atoms with van der Waals surface area (Å²) in [6.07, 6.45) is 4.75. The van der Waals surface area contributed by atoms with Gasteiger partial charge in [-0.3, -0.25) is 9.78 Å². The molecule has 1 aromatic carbocycles. The fourth-order valence-electron chi connectivity index (χ4n) is 2.95. The molecule has 1 fully saturated rings. The standard InChI is InChI=1S/C18H21N3O3S/c22-18(20-13-15-6-4-10-19-12-15)16-7-5-11-21(14-16)25(23,24)17-8-2-1-3-9-17/h1-4,6,8-10,12,16H,5,7,11,13-14H2,(H,20,22)/t16-/m1/s1. The van der Waals surface area contributed by atoms with Gasteiger partial charge >= 0.3 is 0 Å². The van der Waals surface area contributed by atoms with Crippen molar-refractivity contribution in [2.45, 2.75) is 24.3 Å². The highest BCUT2D eigenvalue weighted by molar-refractivity contribution is 7.89. The molecule has 2 heterocycles. The number of sulfonamides is 1. The number of nitrogens with one attached hydrogen (secondary N) is 1. The molecule has 6 nitrogen and oxygen atoms in total. The van der Waals surface area contributed by atoms with Crippen LogP contribution in [0.5, 0.6) is 0 Å². The van der Waals surface area contributed by atoms with Crippen molar-refractivity contribution in [1.29, 1.82) is 0 Å². The molecule has 1 aliphatic heterocycles. The van der Waals surface area contributed by atoms with Crippen LogP contribution in [-0.4, -0.2) is 36.7 Å². The minimum Gasteiger partial charge on any atom is -0.352 e. The summed E-state index contributed by atoms with van der Waals surface area (Å²) in [6, 6.07) is 12.1. The number of hydrogen-bond donors (Lipinski definition) is 1. The second-order valence-electron chi connectivity index (χ2n) is 6.09. The van der Waals surface area contributed by atoms with Crippen LogP contribution in [-0.2, 0) is 21.4 Å². The van der Waals surface area contributed by atoms with Crippen LogP contribution in [0.1, 0.15) is 18.4 Å². The third-order valence-electron chi connectivity index (χ3n) is 4.33. The molecule has 1 aliphatic rings. The smallest absolute Gasteiger partial charge is 0.243 e. The lowest BCUT2D eigenvalue weighted by Gasteiger charge is -2.31. The molecule has 0 spiro atoms. The van der Waals surface area contributed by atoms with Gasteiger partial charge in [0, 0.05) is 32.0 Å². The molecular weight excluding hydrogens is 338 g/mol. The SMILES string of the molecule is O=C(NCc1cccnc1)[C@@H]1CCCN(S(=O)(=O)c2ccccc2)C1. The highest BCUT2D eigenvalue weighted by Gasteiger charge is 2.33. The molecule has 2 aromatic rings. The van der Waals surface area contributed by atoms with Crippen LogP contribution in [0.25, 0.3) is 0 Å². The van der Waals surface area contributed by atoms with Gasteiger partial charge in [-0.2, -0.15) is 4.31 Å². The summed E-state index contributed by atoms with van der Waals surface area (Å²) >= 11 is 0. The molecule has 0 unspecified atom stereocenters. The number of piperidine rings is 1. The normalized spacial score (nSPS) is 18.6. The second-order valence-corrected chi connectivity index (χ2v) is 8.03. The number of rotatable bonds is 5. The van der Waals surface area contributed by atoms with Crippen LogP contribution in [0.3, 0.4) is 0 Å². The van der Waals surface area contributed by atoms with Crippen molar-refractivity contribution in [2.75, 3.05) is 13.1 Å². The number of benzene rings is 1. The van der Waals surface area contributed by atoms with Gasteiger partial charge in [-0.05, 0) is 36.6 Å². The molecule has 1 N–H and O–H groups in total. The Hall–Kier alpha value is -2.25. The van der Waals surface area contributed by atoms with Crippen molar-refractivity contribution in [1.82, 2.24) is 14.6 Å². The molecular formula is C18H21N3O3S. The summed E-state index contributed by atoms with van der Waals surface area (Å²) in [5.41, 5.74) is 0.917. The Labute approximate surface area is 147 Å². The fourth-order valence-corrected chi connectivity index (χ4v) is 4.50. The number of aromatic nitrogens is 1. The summed E-state index contributed by atoms with van der Waals surface area (Å²) < 4.78 is 26.9. The summed E-state index contributed by atoms with van der Waals surface area (Å²) in [4.78, 5) is 16.7. The van der Waals surface area contributed by atoms with Gasteiger partial charge < -0.3 is 5.32 Å². The number of carbonyl (C=O) groups is 1. The van der Waals surface area contributed by atoms with E-state index in [2.05, 4.69) is 10.3 Å². The molecule has 0 saturated carbocycles. The summed E-state index contributed by atoms with van der Waals surface area (Å²) in [6.45, 7) is 1.06. The molecule has 1 aromatic heterocycles. The topological polar surface area (TPSA) is 79.4 Å². The van der Waals surface area contributed by atoms with Crippen LogP contribution in [0.4, 0.5) is 0 Å². The van der Waals surface area contributed by atoms with Gasteiger partial charge in [0.1, 0.15) is 0 Å². The molecule has 0 bridgehead atoms.